The quantitative estimate of drug-likeness (QED) is 0.873. The zero-order valence-electron chi connectivity index (χ0n) is 12.8. The van der Waals surface area contributed by atoms with Crippen molar-refractivity contribution in [1.29, 1.82) is 0 Å². The normalized spacial score (nSPS) is 19.0. The largest absolute Gasteiger partial charge is 0.484 e. The van der Waals surface area contributed by atoms with Crippen molar-refractivity contribution >= 4 is 17.5 Å². The Morgan fingerprint density at radius 1 is 1.50 bits per heavy atom. The highest BCUT2D eigenvalue weighted by molar-refractivity contribution is 6.30. The number of nitrogens with one attached hydrogen (secondary N) is 1. The van der Waals surface area contributed by atoms with Gasteiger partial charge in [0.15, 0.2) is 6.61 Å². The molecule has 22 heavy (non-hydrogen) atoms. The van der Waals surface area contributed by atoms with Crippen molar-refractivity contribution in [2.45, 2.75) is 32.2 Å². The molecule has 1 saturated heterocycles. The summed E-state index contributed by atoms with van der Waals surface area (Å²) in [5.74, 6) is -0.299. The van der Waals surface area contributed by atoms with Crippen molar-refractivity contribution in [3.63, 3.8) is 0 Å². The lowest BCUT2D eigenvalue weighted by molar-refractivity contribution is -0.123. The van der Waals surface area contributed by atoms with Gasteiger partial charge in [0.2, 0.25) is 0 Å². The Morgan fingerprint density at radius 2 is 2.32 bits per heavy atom. The van der Waals surface area contributed by atoms with Gasteiger partial charge in [0, 0.05) is 18.7 Å². The van der Waals surface area contributed by atoms with E-state index >= 15 is 0 Å². The zero-order valence-corrected chi connectivity index (χ0v) is 13.5. The molecule has 1 aliphatic heterocycles. The number of hydrogen-bond acceptors (Lipinski definition) is 3. The number of rotatable bonds is 6. The predicted octanol–water partition coefficient (Wildman–Crippen LogP) is 2.85. The molecule has 1 atom stereocenters. The topological polar surface area (TPSA) is 41.6 Å². The fourth-order valence-electron chi connectivity index (χ4n) is 2.71. The van der Waals surface area contributed by atoms with Gasteiger partial charge >= 0.3 is 0 Å². The number of halogens is 2. The summed E-state index contributed by atoms with van der Waals surface area (Å²) in [7, 11) is 0. The van der Waals surface area contributed by atoms with Crippen molar-refractivity contribution in [3.8, 4) is 5.75 Å². The van der Waals surface area contributed by atoms with E-state index in [2.05, 4.69) is 17.1 Å². The summed E-state index contributed by atoms with van der Waals surface area (Å²) >= 11 is 5.66. The molecule has 0 bridgehead atoms. The van der Waals surface area contributed by atoms with E-state index in [0.717, 1.165) is 19.5 Å². The third kappa shape index (κ3) is 4.85. The molecule has 1 N–H and O–H groups in total. The number of likely N-dealkylation sites (N-methyl/N-ethyl adjacent to an activating group) is 1. The van der Waals surface area contributed by atoms with E-state index in [4.69, 9.17) is 16.3 Å². The van der Waals surface area contributed by atoms with Crippen molar-refractivity contribution < 1.29 is 13.9 Å². The van der Waals surface area contributed by atoms with Crippen LogP contribution in [0.4, 0.5) is 4.39 Å². The lowest BCUT2D eigenvalue weighted by atomic mass is 10.0. The van der Waals surface area contributed by atoms with E-state index in [1.54, 1.807) is 0 Å². The number of carbonyl (C=O) groups excluding carboxylic acids is 1. The Bertz CT molecular complexity index is 513. The molecule has 0 spiro atoms. The lowest BCUT2D eigenvalue weighted by Gasteiger charge is -2.34. The van der Waals surface area contributed by atoms with Gasteiger partial charge in [0.05, 0.1) is 5.02 Å². The van der Waals surface area contributed by atoms with Crippen LogP contribution in [-0.4, -0.2) is 43.1 Å². The third-order valence-electron chi connectivity index (χ3n) is 3.95. The molecule has 1 aliphatic rings. The number of benzene rings is 1. The Morgan fingerprint density at radius 3 is 3.05 bits per heavy atom. The maximum Gasteiger partial charge on any atom is 0.257 e. The first kappa shape index (κ1) is 17.0. The lowest BCUT2D eigenvalue weighted by Crippen LogP contribution is -2.47. The maximum atomic E-state index is 13.0. The number of nitrogens with zero attached hydrogens (tertiary/aromatic N) is 1. The highest BCUT2D eigenvalue weighted by Crippen LogP contribution is 2.21. The van der Waals surface area contributed by atoms with Crippen molar-refractivity contribution in [3.05, 3.63) is 29.0 Å². The molecule has 0 aliphatic carbocycles. The van der Waals surface area contributed by atoms with Gasteiger partial charge in [-0.3, -0.25) is 9.69 Å². The number of ether oxygens (including phenoxy) is 1. The van der Waals surface area contributed by atoms with Gasteiger partial charge in [-0.1, -0.05) is 24.9 Å². The summed E-state index contributed by atoms with van der Waals surface area (Å²) in [5.41, 5.74) is 0. The molecule has 0 radical (unpaired) electrons. The van der Waals surface area contributed by atoms with Gasteiger partial charge in [-0.2, -0.15) is 0 Å². The molecule has 1 aromatic carbocycles. The van der Waals surface area contributed by atoms with Crippen molar-refractivity contribution in [2.24, 2.45) is 0 Å². The van der Waals surface area contributed by atoms with Crippen molar-refractivity contribution in [2.75, 3.05) is 26.2 Å². The molecule has 1 fully saturated rings. The van der Waals surface area contributed by atoms with Crippen LogP contribution in [0.25, 0.3) is 0 Å². The van der Waals surface area contributed by atoms with Gasteiger partial charge in [0.25, 0.3) is 5.91 Å². The van der Waals surface area contributed by atoms with Crippen LogP contribution in [0.1, 0.15) is 26.2 Å². The van der Waals surface area contributed by atoms with Crippen LogP contribution in [0.3, 0.4) is 0 Å². The summed E-state index contributed by atoms with van der Waals surface area (Å²) in [6, 6.07) is 4.44. The molecule has 2 rings (SSSR count). The summed E-state index contributed by atoms with van der Waals surface area (Å²) in [4.78, 5) is 14.2. The summed E-state index contributed by atoms with van der Waals surface area (Å²) in [6.45, 7) is 4.79. The number of piperidine rings is 1. The first-order valence-electron chi connectivity index (χ1n) is 7.68. The fraction of sp³-hybridized carbons (Fsp3) is 0.562. The Kier molecular flexibility index (Phi) is 6.46. The van der Waals surface area contributed by atoms with Crippen molar-refractivity contribution in [1.82, 2.24) is 10.2 Å². The number of likely N-dealkylation sites (tertiary alicyclic amines) is 1. The van der Waals surface area contributed by atoms with Crippen LogP contribution in [0, 0.1) is 5.82 Å². The average molecular weight is 329 g/mol. The monoisotopic (exact) mass is 328 g/mol. The SMILES string of the molecule is CCN1CCCC[C@H]1CNC(=O)COc1ccc(F)c(Cl)c1. The molecule has 1 amide bonds. The number of hydrogen-bond donors (Lipinski definition) is 1. The summed E-state index contributed by atoms with van der Waals surface area (Å²) < 4.78 is 18.3. The second kappa shape index (κ2) is 8.34. The molecule has 122 valence electrons. The minimum Gasteiger partial charge on any atom is -0.484 e. The van der Waals surface area contributed by atoms with Crippen LogP contribution in [0.15, 0.2) is 18.2 Å². The van der Waals surface area contributed by atoms with Crippen LogP contribution in [-0.2, 0) is 4.79 Å². The molecule has 4 nitrogen and oxygen atoms in total. The summed E-state index contributed by atoms with van der Waals surface area (Å²) in [5, 5.41) is 2.89. The van der Waals surface area contributed by atoms with E-state index < -0.39 is 5.82 Å². The van der Waals surface area contributed by atoms with Gasteiger partial charge < -0.3 is 10.1 Å². The molecule has 6 heteroatoms. The maximum absolute atomic E-state index is 13.0. The smallest absolute Gasteiger partial charge is 0.257 e. The molecular weight excluding hydrogens is 307 g/mol. The minimum atomic E-state index is -0.504. The Hall–Kier alpha value is -1.33. The molecular formula is C16H22ClFN2O2. The van der Waals surface area contributed by atoms with E-state index in [1.807, 2.05) is 0 Å². The third-order valence-corrected chi connectivity index (χ3v) is 4.24. The molecule has 1 aromatic rings. The van der Waals surface area contributed by atoms with Gasteiger partial charge in [-0.05, 0) is 38.1 Å². The fourth-order valence-corrected chi connectivity index (χ4v) is 2.88. The first-order valence-corrected chi connectivity index (χ1v) is 8.06. The number of carbonyl (C=O) groups is 1. The van der Waals surface area contributed by atoms with Gasteiger partial charge in [-0.25, -0.2) is 4.39 Å². The van der Waals surface area contributed by atoms with E-state index in [1.165, 1.54) is 31.0 Å². The van der Waals surface area contributed by atoms with E-state index in [0.29, 0.717) is 18.3 Å². The van der Waals surface area contributed by atoms with Gasteiger partial charge in [0.1, 0.15) is 11.6 Å². The standard InChI is InChI=1S/C16H22ClFN2O2/c1-2-20-8-4-3-5-12(20)10-19-16(21)11-22-13-6-7-15(18)14(17)9-13/h6-7,9,12H,2-5,8,10-11H2,1H3,(H,19,21)/t12-/m0/s1. The summed E-state index contributed by atoms with van der Waals surface area (Å²) in [6.07, 6.45) is 3.55. The van der Waals surface area contributed by atoms with Gasteiger partial charge in [-0.15, -0.1) is 0 Å². The molecule has 0 aromatic heterocycles. The predicted molar refractivity (Wildman–Crippen MR) is 84.8 cm³/mol. The highest BCUT2D eigenvalue weighted by atomic mass is 35.5. The molecule has 0 saturated carbocycles. The van der Waals surface area contributed by atoms with E-state index in [9.17, 15) is 9.18 Å². The second-order valence-corrected chi connectivity index (χ2v) is 5.85. The molecule has 0 unspecified atom stereocenters. The highest BCUT2D eigenvalue weighted by Gasteiger charge is 2.21. The van der Waals surface area contributed by atoms with Crippen LogP contribution in [0.5, 0.6) is 5.75 Å². The number of amides is 1. The first-order chi connectivity index (χ1) is 10.6. The molecule has 1 heterocycles. The Labute approximate surface area is 135 Å². The Balaban J connectivity index is 1.74. The van der Waals surface area contributed by atoms with Crippen LogP contribution < -0.4 is 10.1 Å². The average Bonchev–Trinajstić information content (AvgIpc) is 2.54. The second-order valence-electron chi connectivity index (χ2n) is 5.45. The minimum absolute atomic E-state index is 0.0151. The zero-order chi connectivity index (χ0) is 15.9. The van der Waals surface area contributed by atoms with Crippen LogP contribution >= 0.6 is 11.6 Å². The van der Waals surface area contributed by atoms with E-state index in [-0.39, 0.29) is 17.5 Å². The van der Waals surface area contributed by atoms with Crippen LogP contribution in [0.2, 0.25) is 5.02 Å².